The maximum Gasteiger partial charge on any atom is 0.671 e. The van der Waals surface area contributed by atoms with E-state index in [-0.39, 0.29) is 36.9 Å². The van der Waals surface area contributed by atoms with Gasteiger partial charge in [-0.05, 0) is 50.4 Å². The van der Waals surface area contributed by atoms with E-state index in [1.807, 2.05) is 0 Å². The highest BCUT2D eigenvalue weighted by atomic mass is 79.9. The third-order valence-electron chi connectivity index (χ3n) is 3.84. The highest BCUT2D eigenvalue weighted by Crippen LogP contribution is 2.43. The van der Waals surface area contributed by atoms with Gasteiger partial charge in [0.1, 0.15) is 11.4 Å². The summed E-state index contributed by atoms with van der Waals surface area (Å²) in [5.41, 5.74) is -1.14. The fourth-order valence-electron chi connectivity index (χ4n) is 2.62. The number of halogens is 7. The lowest BCUT2D eigenvalue weighted by molar-refractivity contribution is -0.0265. The Morgan fingerprint density at radius 1 is 0.964 bits per heavy atom. The van der Waals surface area contributed by atoms with Crippen molar-refractivity contribution in [3.8, 4) is 5.75 Å². The molecule has 1 aromatic carbocycles. The Kier molecular flexibility index (Phi) is 12.5. The van der Waals surface area contributed by atoms with Crippen molar-refractivity contribution < 1.29 is 23.5 Å². The Labute approximate surface area is 210 Å². The van der Waals surface area contributed by atoms with Crippen LogP contribution in [-0.2, 0) is 4.43 Å². The lowest BCUT2D eigenvalue weighted by Gasteiger charge is -2.41. The monoisotopic (exact) mass is 684 g/mol. The number of benzene rings is 1. The highest BCUT2D eigenvalue weighted by Gasteiger charge is 2.48. The summed E-state index contributed by atoms with van der Waals surface area (Å²) in [7, 11) is -4.86. The fraction of sp³-hybridized carbons (Fsp3) is 0.600. The second kappa shape index (κ2) is 12.6. The van der Waals surface area contributed by atoms with Crippen LogP contribution < -0.4 is 4.74 Å². The second-order valence-corrected chi connectivity index (χ2v) is 11.5. The van der Waals surface area contributed by atoms with Crippen LogP contribution in [0, 0.1) is 0 Å². The summed E-state index contributed by atoms with van der Waals surface area (Å²) in [5, 5.41) is -0.954. The van der Waals surface area contributed by atoms with Crippen LogP contribution in [0.3, 0.4) is 0 Å². The Balaban J connectivity index is 3.38. The summed E-state index contributed by atoms with van der Waals surface area (Å²) in [6.45, 7) is 0. The molecule has 0 aliphatic heterocycles. The van der Waals surface area contributed by atoms with E-state index in [4.69, 9.17) is 55.6 Å². The molecule has 2 atom stereocenters. The van der Waals surface area contributed by atoms with Crippen LogP contribution in [0.25, 0.3) is 0 Å². The van der Waals surface area contributed by atoms with Gasteiger partial charge in [-0.1, -0.05) is 15.9 Å². The number of alkyl halides is 4. The molecule has 3 N–H and O–H groups in total. The van der Waals surface area contributed by atoms with Gasteiger partial charge in [0.25, 0.3) is 0 Å². The standard InChI is InChI=1S/C15H19Br3Cl4O5Si/c16-9-7-10(17)13(11(18)8-9)26-15(2-5-20,3-6-21)14(22)12(1-4-19)27-28(23,24)25/h7-8,12,14,23-25H,1-6H2. The van der Waals surface area contributed by atoms with Crippen molar-refractivity contribution in [2.45, 2.75) is 36.3 Å². The van der Waals surface area contributed by atoms with Gasteiger partial charge in [-0.3, -0.25) is 0 Å². The first-order valence-corrected chi connectivity index (χ1v) is 14.2. The van der Waals surface area contributed by atoms with E-state index in [0.717, 1.165) is 4.47 Å². The van der Waals surface area contributed by atoms with Gasteiger partial charge in [-0.25, -0.2) is 0 Å². The molecular formula is C15H19Br3Cl4O5Si. The lowest BCUT2D eigenvalue weighted by atomic mass is 9.88. The molecule has 162 valence electrons. The zero-order chi connectivity index (χ0) is 21.5. The van der Waals surface area contributed by atoms with Crippen LogP contribution in [-0.4, -0.2) is 58.2 Å². The molecule has 0 amide bonds. The molecule has 28 heavy (non-hydrogen) atoms. The largest absolute Gasteiger partial charge is 0.671 e. The summed E-state index contributed by atoms with van der Waals surface area (Å²) < 4.78 is 13.5. The van der Waals surface area contributed by atoms with Gasteiger partial charge in [-0.15, -0.1) is 46.4 Å². The van der Waals surface area contributed by atoms with E-state index in [0.29, 0.717) is 14.7 Å². The predicted octanol–water partition coefficient (Wildman–Crippen LogP) is 5.38. The molecule has 0 saturated carbocycles. The Hall–Kier alpha value is 1.68. The number of hydrogen-bond acceptors (Lipinski definition) is 5. The first-order chi connectivity index (χ1) is 13.0. The van der Waals surface area contributed by atoms with E-state index >= 15 is 0 Å². The summed E-state index contributed by atoms with van der Waals surface area (Å²) in [6, 6.07) is 3.60. The van der Waals surface area contributed by atoms with Crippen molar-refractivity contribution >= 4 is 103 Å². The minimum atomic E-state index is -4.86. The van der Waals surface area contributed by atoms with Crippen LogP contribution in [0.4, 0.5) is 0 Å². The Morgan fingerprint density at radius 2 is 1.46 bits per heavy atom. The quantitative estimate of drug-likeness (QED) is 0.203. The zero-order valence-corrected chi connectivity index (χ0v) is 23.1. The molecular weight excluding hydrogens is 670 g/mol. The zero-order valence-electron chi connectivity index (χ0n) is 14.4. The van der Waals surface area contributed by atoms with Crippen molar-refractivity contribution in [2.24, 2.45) is 0 Å². The summed E-state index contributed by atoms with van der Waals surface area (Å²) >= 11 is 34.9. The first-order valence-electron chi connectivity index (χ1n) is 8.00. The van der Waals surface area contributed by atoms with Gasteiger partial charge in [0.15, 0.2) is 0 Å². The van der Waals surface area contributed by atoms with Crippen molar-refractivity contribution in [3.05, 3.63) is 25.6 Å². The third-order valence-corrected chi connectivity index (χ3v) is 7.37. The molecule has 0 spiro atoms. The average molecular weight is 689 g/mol. The SMILES string of the molecule is O[Si](O)(O)OC(CCCl)C(Cl)C(CCCl)(CCCl)Oc1c(Br)cc(Br)cc1Br. The molecule has 0 radical (unpaired) electrons. The second-order valence-electron chi connectivity index (χ2n) is 5.85. The normalized spacial score (nSPS) is 14.8. The Morgan fingerprint density at radius 3 is 1.86 bits per heavy atom. The summed E-state index contributed by atoms with van der Waals surface area (Å²) in [5.74, 6) is 0.968. The number of ether oxygens (including phenoxy) is 1. The van der Waals surface area contributed by atoms with Crippen molar-refractivity contribution in [2.75, 3.05) is 17.6 Å². The molecule has 0 bridgehead atoms. The van der Waals surface area contributed by atoms with Crippen LogP contribution >= 0.6 is 94.2 Å². The molecule has 1 rings (SSSR count). The van der Waals surface area contributed by atoms with E-state index in [9.17, 15) is 14.4 Å². The Bertz CT molecular complexity index is 609. The lowest BCUT2D eigenvalue weighted by Crippen LogP contribution is -2.55. The first kappa shape index (κ1) is 27.7. The molecule has 0 fully saturated rings. The summed E-state index contributed by atoms with van der Waals surface area (Å²) in [6.07, 6.45) is -0.303. The van der Waals surface area contributed by atoms with Crippen molar-refractivity contribution in [3.63, 3.8) is 0 Å². The molecule has 0 aliphatic carbocycles. The van der Waals surface area contributed by atoms with Crippen LogP contribution in [0.5, 0.6) is 5.75 Å². The topological polar surface area (TPSA) is 79.2 Å². The maximum atomic E-state index is 9.41. The molecule has 0 aromatic heterocycles. The molecule has 0 aliphatic rings. The number of hydrogen-bond donors (Lipinski definition) is 3. The average Bonchev–Trinajstić information content (AvgIpc) is 2.56. The van der Waals surface area contributed by atoms with E-state index in [1.54, 1.807) is 12.1 Å². The van der Waals surface area contributed by atoms with Gasteiger partial charge in [0, 0.05) is 35.0 Å². The molecule has 5 nitrogen and oxygen atoms in total. The molecule has 13 heteroatoms. The number of rotatable bonds is 12. The van der Waals surface area contributed by atoms with Gasteiger partial charge in [0.05, 0.1) is 20.4 Å². The third kappa shape index (κ3) is 8.31. The van der Waals surface area contributed by atoms with Gasteiger partial charge in [-0.2, -0.15) is 0 Å². The van der Waals surface area contributed by atoms with Crippen molar-refractivity contribution in [1.29, 1.82) is 0 Å². The van der Waals surface area contributed by atoms with Crippen LogP contribution in [0.2, 0.25) is 0 Å². The van der Waals surface area contributed by atoms with Gasteiger partial charge < -0.3 is 23.5 Å². The fourth-order valence-corrected chi connectivity index (χ4v) is 7.09. The van der Waals surface area contributed by atoms with Gasteiger partial charge >= 0.3 is 9.05 Å². The minimum Gasteiger partial charge on any atom is -0.483 e. The molecule has 0 heterocycles. The van der Waals surface area contributed by atoms with Crippen LogP contribution in [0.1, 0.15) is 19.3 Å². The highest BCUT2D eigenvalue weighted by molar-refractivity contribution is 9.11. The van der Waals surface area contributed by atoms with Gasteiger partial charge in [0.2, 0.25) is 0 Å². The smallest absolute Gasteiger partial charge is 0.483 e. The maximum absolute atomic E-state index is 9.41. The van der Waals surface area contributed by atoms with Crippen LogP contribution in [0.15, 0.2) is 25.6 Å². The van der Waals surface area contributed by atoms with E-state index in [2.05, 4.69) is 47.8 Å². The van der Waals surface area contributed by atoms with E-state index in [1.165, 1.54) is 0 Å². The minimum absolute atomic E-state index is 0.113. The van der Waals surface area contributed by atoms with Crippen molar-refractivity contribution in [1.82, 2.24) is 0 Å². The summed E-state index contributed by atoms with van der Waals surface area (Å²) in [4.78, 5) is 28.2. The molecule has 0 saturated heterocycles. The predicted molar refractivity (Wildman–Crippen MR) is 126 cm³/mol. The molecule has 2 unspecified atom stereocenters. The van der Waals surface area contributed by atoms with E-state index < -0.39 is 26.1 Å². The molecule has 1 aromatic rings.